The number of nitrogens with zero attached hydrogens (tertiary/aromatic N) is 3. The molecule has 0 bridgehead atoms. The van der Waals surface area contributed by atoms with Gasteiger partial charge < -0.3 is 14.1 Å². The zero-order valence-corrected chi connectivity index (χ0v) is 21.3. The SMILES string of the molecule is CCCCN(CCCC)c1ccc2c(c1)Oc1cccc3c1c-2cc1nc(-c2ccc(C#N)cc2)oc13. The fraction of sp³-hybridized carbons (Fsp3) is 0.250. The van der Waals surface area contributed by atoms with Gasteiger partial charge in [-0.2, -0.15) is 5.26 Å². The van der Waals surface area contributed by atoms with Crippen LogP contribution in [0, 0.1) is 11.3 Å². The monoisotopic (exact) mass is 487 g/mol. The predicted octanol–water partition coefficient (Wildman–Crippen LogP) is 8.70. The van der Waals surface area contributed by atoms with Crippen molar-refractivity contribution in [2.45, 2.75) is 39.5 Å². The summed E-state index contributed by atoms with van der Waals surface area (Å²) in [7, 11) is 0. The van der Waals surface area contributed by atoms with Gasteiger partial charge in [-0.1, -0.05) is 38.8 Å². The van der Waals surface area contributed by atoms with Gasteiger partial charge in [0, 0.05) is 46.7 Å². The minimum atomic E-state index is 0.543. The first-order chi connectivity index (χ1) is 18.2. The topological polar surface area (TPSA) is 62.3 Å². The van der Waals surface area contributed by atoms with Crippen LogP contribution in [0.3, 0.4) is 0 Å². The first kappa shape index (κ1) is 23.1. The molecule has 0 atom stereocenters. The van der Waals surface area contributed by atoms with Crippen LogP contribution in [0.1, 0.15) is 45.1 Å². The summed E-state index contributed by atoms with van der Waals surface area (Å²) in [5.41, 5.74) is 6.40. The van der Waals surface area contributed by atoms with E-state index in [9.17, 15) is 0 Å². The average Bonchev–Trinajstić information content (AvgIpc) is 3.37. The van der Waals surface area contributed by atoms with Crippen LogP contribution >= 0.6 is 0 Å². The molecular weight excluding hydrogens is 458 g/mol. The van der Waals surface area contributed by atoms with Crippen molar-refractivity contribution in [2.75, 3.05) is 18.0 Å². The van der Waals surface area contributed by atoms with Gasteiger partial charge in [-0.15, -0.1) is 0 Å². The molecule has 0 saturated heterocycles. The molecule has 5 heteroatoms. The van der Waals surface area contributed by atoms with E-state index in [1.807, 2.05) is 24.3 Å². The highest BCUT2D eigenvalue weighted by atomic mass is 16.5. The molecule has 0 aliphatic carbocycles. The third kappa shape index (κ3) is 4.09. The minimum Gasteiger partial charge on any atom is -0.456 e. The van der Waals surface area contributed by atoms with E-state index in [4.69, 9.17) is 19.4 Å². The first-order valence-electron chi connectivity index (χ1n) is 13.1. The minimum absolute atomic E-state index is 0.543. The van der Waals surface area contributed by atoms with Gasteiger partial charge in [-0.05, 0) is 66.9 Å². The number of hydrogen-bond acceptors (Lipinski definition) is 5. The molecule has 1 aliphatic rings. The highest BCUT2D eigenvalue weighted by Crippen LogP contribution is 2.49. The van der Waals surface area contributed by atoms with E-state index >= 15 is 0 Å². The van der Waals surface area contributed by atoms with Gasteiger partial charge in [0.2, 0.25) is 5.89 Å². The highest BCUT2D eigenvalue weighted by molar-refractivity contribution is 6.15. The van der Waals surface area contributed by atoms with E-state index < -0.39 is 0 Å². The van der Waals surface area contributed by atoms with E-state index in [1.165, 1.54) is 31.4 Å². The summed E-state index contributed by atoms with van der Waals surface area (Å²) in [5.74, 6) is 2.26. The van der Waals surface area contributed by atoms with E-state index in [0.717, 1.165) is 63.2 Å². The van der Waals surface area contributed by atoms with Crippen molar-refractivity contribution in [3.8, 4) is 40.1 Å². The number of ether oxygens (including phenoxy) is 1. The molecule has 0 amide bonds. The molecule has 5 aromatic rings. The van der Waals surface area contributed by atoms with E-state index in [0.29, 0.717) is 11.5 Å². The molecule has 5 nitrogen and oxygen atoms in total. The summed E-state index contributed by atoms with van der Waals surface area (Å²) in [6.45, 7) is 6.59. The summed E-state index contributed by atoms with van der Waals surface area (Å²) in [6, 6.07) is 24.3. The van der Waals surface area contributed by atoms with Gasteiger partial charge in [0.1, 0.15) is 17.0 Å². The average molecular weight is 488 g/mol. The smallest absolute Gasteiger partial charge is 0.227 e. The number of nitriles is 1. The van der Waals surface area contributed by atoms with E-state index in [1.54, 1.807) is 12.1 Å². The van der Waals surface area contributed by atoms with Crippen LogP contribution in [0.2, 0.25) is 0 Å². The van der Waals surface area contributed by atoms with Gasteiger partial charge in [0.25, 0.3) is 0 Å². The zero-order valence-electron chi connectivity index (χ0n) is 21.3. The largest absolute Gasteiger partial charge is 0.456 e. The Balaban J connectivity index is 1.46. The number of anilines is 1. The molecule has 1 aliphatic heterocycles. The second-order valence-electron chi connectivity index (χ2n) is 9.64. The summed E-state index contributed by atoms with van der Waals surface area (Å²) >= 11 is 0. The zero-order chi connectivity index (χ0) is 25.4. The van der Waals surface area contributed by atoms with Crippen molar-refractivity contribution >= 4 is 27.6 Å². The molecule has 0 fully saturated rings. The number of unbranched alkanes of at least 4 members (excludes halogenated alkanes) is 2. The van der Waals surface area contributed by atoms with Crippen LogP contribution < -0.4 is 9.64 Å². The molecule has 184 valence electrons. The molecule has 2 heterocycles. The third-order valence-electron chi connectivity index (χ3n) is 7.14. The molecule has 0 unspecified atom stereocenters. The Morgan fingerprint density at radius 3 is 2.38 bits per heavy atom. The van der Waals surface area contributed by atoms with Crippen LogP contribution in [-0.2, 0) is 0 Å². The second kappa shape index (κ2) is 9.63. The van der Waals surface area contributed by atoms with E-state index in [2.05, 4.69) is 55.1 Å². The standard InChI is InChI=1S/C32H29N3O2/c1-3-5-16-35(17-6-4-2)23-14-15-24-26-19-27-31(25-8-7-9-28(30(25)26)36-29(24)18-23)37-32(34-27)22-12-10-21(20-33)11-13-22/h7-15,18-19H,3-6,16-17H2,1-2H3. The number of hydrogen-bond donors (Lipinski definition) is 0. The Bertz CT molecular complexity index is 1640. The quantitative estimate of drug-likeness (QED) is 0.215. The van der Waals surface area contributed by atoms with Crippen molar-refractivity contribution < 1.29 is 9.15 Å². The molecular formula is C32H29N3O2. The summed E-state index contributed by atoms with van der Waals surface area (Å²) in [4.78, 5) is 7.32. The molecule has 0 saturated carbocycles. The lowest BCUT2D eigenvalue weighted by atomic mass is 9.93. The Morgan fingerprint density at radius 1 is 0.865 bits per heavy atom. The maximum atomic E-state index is 9.12. The van der Waals surface area contributed by atoms with Crippen LogP contribution in [0.25, 0.3) is 44.5 Å². The van der Waals surface area contributed by atoms with E-state index in [-0.39, 0.29) is 0 Å². The summed E-state index contributed by atoms with van der Waals surface area (Å²) in [5, 5.41) is 11.2. The Morgan fingerprint density at radius 2 is 1.65 bits per heavy atom. The first-order valence-corrected chi connectivity index (χ1v) is 13.1. The van der Waals surface area contributed by atoms with Crippen LogP contribution in [-0.4, -0.2) is 18.1 Å². The third-order valence-corrected chi connectivity index (χ3v) is 7.14. The highest BCUT2D eigenvalue weighted by Gasteiger charge is 2.24. The lowest BCUT2D eigenvalue weighted by Gasteiger charge is -2.27. The maximum absolute atomic E-state index is 9.12. The molecule has 1 aromatic heterocycles. The normalized spacial score (nSPS) is 11.8. The van der Waals surface area contributed by atoms with Gasteiger partial charge in [-0.25, -0.2) is 4.98 Å². The van der Waals surface area contributed by atoms with Crippen molar-refractivity contribution in [1.29, 1.82) is 5.26 Å². The van der Waals surface area contributed by atoms with Crippen molar-refractivity contribution in [1.82, 2.24) is 4.98 Å². The Kier molecular flexibility index (Phi) is 6.02. The lowest BCUT2D eigenvalue weighted by molar-refractivity contribution is 0.486. The summed E-state index contributed by atoms with van der Waals surface area (Å²) < 4.78 is 12.8. The number of benzene rings is 4. The van der Waals surface area contributed by atoms with Gasteiger partial charge in [0.05, 0.1) is 11.6 Å². The molecule has 37 heavy (non-hydrogen) atoms. The van der Waals surface area contributed by atoms with Crippen LogP contribution in [0.5, 0.6) is 11.5 Å². The Labute approximate surface area is 216 Å². The summed E-state index contributed by atoms with van der Waals surface area (Å²) in [6.07, 6.45) is 4.71. The number of aromatic nitrogens is 1. The Hall–Kier alpha value is -4.30. The molecule has 0 N–H and O–H groups in total. The fourth-order valence-electron chi connectivity index (χ4n) is 5.14. The molecule has 0 radical (unpaired) electrons. The fourth-order valence-corrected chi connectivity index (χ4v) is 5.14. The van der Waals surface area contributed by atoms with Crippen molar-refractivity contribution in [3.63, 3.8) is 0 Å². The lowest BCUT2D eigenvalue weighted by Crippen LogP contribution is -2.25. The van der Waals surface area contributed by atoms with Gasteiger partial charge in [0.15, 0.2) is 5.58 Å². The van der Waals surface area contributed by atoms with Crippen molar-refractivity contribution in [3.05, 3.63) is 72.3 Å². The maximum Gasteiger partial charge on any atom is 0.227 e. The van der Waals surface area contributed by atoms with Crippen molar-refractivity contribution in [2.24, 2.45) is 0 Å². The van der Waals surface area contributed by atoms with Gasteiger partial charge >= 0.3 is 0 Å². The molecule has 6 rings (SSSR count). The van der Waals surface area contributed by atoms with Gasteiger partial charge in [-0.3, -0.25) is 0 Å². The molecule has 0 spiro atoms. The predicted molar refractivity (Wildman–Crippen MR) is 149 cm³/mol. The molecule has 4 aromatic carbocycles. The van der Waals surface area contributed by atoms with Crippen LogP contribution in [0.15, 0.2) is 71.1 Å². The second-order valence-corrected chi connectivity index (χ2v) is 9.64. The number of fused-ring (bicyclic) bond motifs is 4. The number of oxazole rings is 1. The van der Waals surface area contributed by atoms with Crippen LogP contribution in [0.4, 0.5) is 5.69 Å². The number of rotatable bonds is 8.